The first-order valence-corrected chi connectivity index (χ1v) is 7.82. The molecule has 0 atom stereocenters. The Bertz CT molecular complexity index is 695. The molecule has 0 bridgehead atoms. The molecule has 2 nitrogen and oxygen atoms in total. The number of rotatable bonds is 2. The highest BCUT2D eigenvalue weighted by molar-refractivity contribution is 7.98. The van der Waals surface area contributed by atoms with Crippen molar-refractivity contribution >= 4 is 44.9 Å². The molecule has 0 aliphatic carbocycles. The van der Waals surface area contributed by atoms with Gasteiger partial charge in [0.15, 0.2) is 5.16 Å². The lowest BCUT2D eigenvalue weighted by Crippen LogP contribution is -1.87. The van der Waals surface area contributed by atoms with Crippen LogP contribution in [0.4, 0.5) is 0 Å². The van der Waals surface area contributed by atoms with Crippen molar-refractivity contribution in [2.24, 2.45) is 0 Å². The summed E-state index contributed by atoms with van der Waals surface area (Å²) in [5, 5.41) is 4.29. The molecule has 0 saturated carbocycles. The van der Waals surface area contributed by atoms with Crippen molar-refractivity contribution in [3.05, 3.63) is 40.9 Å². The Hall–Kier alpha value is -1.10. The summed E-state index contributed by atoms with van der Waals surface area (Å²) in [5.41, 5.74) is 2.25. The van der Waals surface area contributed by atoms with E-state index in [0.717, 1.165) is 21.3 Å². The molecule has 0 radical (unpaired) electrons. The number of benzene rings is 1. The van der Waals surface area contributed by atoms with Gasteiger partial charge in [0.1, 0.15) is 9.98 Å². The van der Waals surface area contributed by atoms with Crippen LogP contribution in [-0.4, -0.2) is 16.2 Å². The molecule has 18 heavy (non-hydrogen) atoms. The van der Waals surface area contributed by atoms with Crippen LogP contribution in [0.15, 0.2) is 40.9 Å². The highest BCUT2D eigenvalue weighted by Gasteiger charge is 2.13. The SMILES string of the molecule is CSc1nc(Cl)c2c(-c3ccccc3)csc2n1. The topological polar surface area (TPSA) is 25.8 Å². The average Bonchev–Trinajstić information content (AvgIpc) is 2.84. The Kier molecular flexibility index (Phi) is 3.24. The van der Waals surface area contributed by atoms with Crippen molar-refractivity contribution in [2.75, 3.05) is 6.26 Å². The fourth-order valence-corrected chi connectivity index (χ4v) is 3.55. The van der Waals surface area contributed by atoms with Crippen molar-refractivity contribution in [3.63, 3.8) is 0 Å². The van der Waals surface area contributed by atoms with Crippen LogP contribution in [-0.2, 0) is 0 Å². The number of fused-ring (bicyclic) bond motifs is 1. The molecule has 0 unspecified atom stereocenters. The lowest BCUT2D eigenvalue weighted by atomic mass is 10.1. The summed E-state index contributed by atoms with van der Waals surface area (Å²) in [6.45, 7) is 0. The maximum Gasteiger partial charge on any atom is 0.190 e. The molecule has 3 aromatic rings. The number of hydrogen-bond donors (Lipinski definition) is 0. The van der Waals surface area contributed by atoms with E-state index in [4.69, 9.17) is 11.6 Å². The maximum atomic E-state index is 6.28. The molecular formula is C13H9ClN2S2. The van der Waals surface area contributed by atoms with Crippen molar-refractivity contribution in [3.8, 4) is 11.1 Å². The minimum atomic E-state index is 0.532. The van der Waals surface area contributed by atoms with Crippen molar-refractivity contribution < 1.29 is 0 Å². The van der Waals surface area contributed by atoms with E-state index in [1.165, 1.54) is 11.8 Å². The number of halogens is 1. The maximum absolute atomic E-state index is 6.28. The van der Waals surface area contributed by atoms with E-state index in [-0.39, 0.29) is 0 Å². The number of aromatic nitrogens is 2. The van der Waals surface area contributed by atoms with E-state index in [0.29, 0.717) is 10.3 Å². The highest BCUT2D eigenvalue weighted by atomic mass is 35.5. The molecule has 0 amide bonds. The molecule has 3 rings (SSSR count). The predicted octanol–water partition coefficient (Wildman–Crippen LogP) is 4.73. The molecule has 0 fully saturated rings. The van der Waals surface area contributed by atoms with Gasteiger partial charge in [-0.3, -0.25) is 0 Å². The highest BCUT2D eigenvalue weighted by Crippen LogP contribution is 2.37. The van der Waals surface area contributed by atoms with E-state index in [1.54, 1.807) is 11.3 Å². The third kappa shape index (κ3) is 2.00. The molecule has 1 aromatic carbocycles. The van der Waals surface area contributed by atoms with Crippen molar-refractivity contribution in [1.29, 1.82) is 0 Å². The predicted molar refractivity (Wildman–Crippen MR) is 79.6 cm³/mol. The third-order valence-electron chi connectivity index (χ3n) is 2.64. The van der Waals surface area contributed by atoms with Gasteiger partial charge in [-0.25, -0.2) is 9.97 Å². The monoisotopic (exact) mass is 292 g/mol. The van der Waals surface area contributed by atoms with Crippen molar-refractivity contribution in [1.82, 2.24) is 9.97 Å². The number of thioether (sulfide) groups is 1. The Balaban J connectivity index is 2.27. The zero-order valence-electron chi connectivity index (χ0n) is 9.55. The first-order valence-electron chi connectivity index (χ1n) is 5.33. The van der Waals surface area contributed by atoms with Gasteiger partial charge >= 0.3 is 0 Å². The van der Waals surface area contributed by atoms with E-state index < -0.39 is 0 Å². The van der Waals surface area contributed by atoms with Gasteiger partial charge in [0.25, 0.3) is 0 Å². The first kappa shape index (κ1) is 12.0. The third-order valence-corrected chi connectivity index (χ3v) is 4.33. The Morgan fingerprint density at radius 3 is 2.67 bits per heavy atom. The number of nitrogens with zero attached hydrogens (tertiary/aromatic N) is 2. The first-order chi connectivity index (χ1) is 8.79. The quantitative estimate of drug-likeness (QED) is 0.388. The lowest BCUT2D eigenvalue weighted by Gasteiger charge is -2.02. The van der Waals surface area contributed by atoms with Gasteiger partial charge in [0, 0.05) is 10.9 Å². The summed E-state index contributed by atoms with van der Waals surface area (Å²) in [5.74, 6) is 0. The van der Waals surface area contributed by atoms with Gasteiger partial charge in [0.05, 0.1) is 5.39 Å². The van der Waals surface area contributed by atoms with E-state index >= 15 is 0 Å². The summed E-state index contributed by atoms with van der Waals surface area (Å²) in [4.78, 5) is 9.73. The molecule has 2 aromatic heterocycles. The van der Waals surface area contributed by atoms with Crippen LogP contribution in [0, 0.1) is 0 Å². The van der Waals surface area contributed by atoms with Gasteiger partial charge in [-0.05, 0) is 11.8 Å². The second-order valence-corrected chi connectivity index (χ2v) is 5.69. The minimum Gasteiger partial charge on any atom is -0.211 e. The Labute approximate surface area is 118 Å². The fourth-order valence-electron chi connectivity index (χ4n) is 1.80. The molecule has 0 aliphatic rings. The standard InChI is InChI=1S/C13H9ClN2S2/c1-17-13-15-11(14)10-9(7-18-12(10)16-13)8-5-3-2-4-6-8/h2-7H,1H3. The smallest absolute Gasteiger partial charge is 0.190 e. The zero-order valence-corrected chi connectivity index (χ0v) is 11.9. The molecule has 0 saturated heterocycles. The molecule has 0 aliphatic heterocycles. The Morgan fingerprint density at radius 2 is 1.94 bits per heavy atom. The molecular weight excluding hydrogens is 284 g/mol. The second-order valence-electron chi connectivity index (χ2n) is 3.70. The molecule has 2 heterocycles. The zero-order chi connectivity index (χ0) is 12.5. The normalized spacial score (nSPS) is 11.0. The average molecular weight is 293 g/mol. The fraction of sp³-hybridized carbons (Fsp3) is 0.0769. The Morgan fingerprint density at radius 1 is 1.17 bits per heavy atom. The summed E-state index contributed by atoms with van der Waals surface area (Å²) < 4.78 is 0. The lowest BCUT2D eigenvalue weighted by molar-refractivity contribution is 1.01. The van der Waals surface area contributed by atoms with Gasteiger partial charge in [0.2, 0.25) is 0 Å². The van der Waals surface area contributed by atoms with Crippen LogP contribution in [0.3, 0.4) is 0 Å². The van der Waals surface area contributed by atoms with Crippen LogP contribution < -0.4 is 0 Å². The van der Waals surface area contributed by atoms with Gasteiger partial charge < -0.3 is 0 Å². The van der Waals surface area contributed by atoms with Crippen LogP contribution in [0.1, 0.15) is 0 Å². The van der Waals surface area contributed by atoms with E-state index in [1.807, 2.05) is 24.5 Å². The summed E-state index contributed by atoms with van der Waals surface area (Å²) >= 11 is 9.39. The van der Waals surface area contributed by atoms with Crippen LogP contribution in [0.25, 0.3) is 21.3 Å². The van der Waals surface area contributed by atoms with Crippen LogP contribution >= 0.6 is 34.7 Å². The largest absolute Gasteiger partial charge is 0.211 e. The second kappa shape index (κ2) is 4.88. The van der Waals surface area contributed by atoms with Gasteiger partial charge in [-0.1, -0.05) is 53.7 Å². The summed E-state index contributed by atoms with van der Waals surface area (Å²) in [6.07, 6.45) is 1.95. The molecule has 0 N–H and O–H groups in total. The summed E-state index contributed by atoms with van der Waals surface area (Å²) in [7, 11) is 0. The van der Waals surface area contributed by atoms with Crippen LogP contribution in [0.2, 0.25) is 5.15 Å². The van der Waals surface area contributed by atoms with E-state index in [9.17, 15) is 0 Å². The number of thiophene rings is 1. The van der Waals surface area contributed by atoms with Crippen LogP contribution in [0.5, 0.6) is 0 Å². The molecule has 0 spiro atoms. The molecule has 90 valence electrons. The molecule has 5 heteroatoms. The van der Waals surface area contributed by atoms with Gasteiger partial charge in [-0.2, -0.15) is 0 Å². The summed E-state index contributed by atoms with van der Waals surface area (Å²) in [6, 6.07) is 10.2. The van der Waals surface area contributed by atoms with Gasteiger partial charge in [-0.15, -0.1) is 11.3 Å². The minimum absolute atomic E-state index is 0.532. The number of hydrogen-bond acceptors (Lipinski definition) is 4. The van der Waals surface area contributed by atoms with E-state index in [2.05, 4.69) is 27.5 Å². The van der Waals surface area contributed by atoms with Crippen molar-refractivity contribution in [2.45, 2.75) is 5.16 Å².